The van der Waals surface area contributed by atoms with E-state index in [-0.39, 0.29) is 24.7 Å². The molecule has 0 atom stereocenters. The van der Waals surface area contributed by atoms with Gasteiger partial charge in [-0.05, 0) is 18.2 Å². The van der Waals surface area contributed by atoms with E-state index in [9.17, 15) is 9.59 Å². The fourth-order valence-electron chi connectivity index (χ4n) is 2.48. The van der Waals surface area contributed by atoms with Crippen LogP contribution < -0.4 is 11.0 Å². The van der Waals surface area contributed by atoms with Gasteiger partial charge in [0.2, 0.25) is 0 Å². The number of carbonyl (C=O) groups excluding carboxylic acids is 1. The molecule has 0 aliphatic carbocycles. The van der Waals surface area contributed by atoms with Crippen molar-refractivity contribution in [1.29, 1.82) is 0 Å². The molecule has 0 aliphatic rings. The van der Waals surface area contributed by atoms with E-state index in [1.165, 1.54) is 9.25 Å². The van der Waals surface area contributed by atoms with Crippen molar-refractivity contribution in [2.45, 2.75) is 6.54 Å². The molecule has 0 spiro atoms. The Morgan fingerprint density at radius 1 is 1.16 bits per heavy atom. The van der Waals surface area contributed by atoms with Crippen LogP contribution in [0.25, 0.3) is 11.4 Å². The monoisotopic (exact) mass is 356 g/mol. The van der Waals surface area contributed by atoms with Gasteiger partial charge >= 0.3 is 5.69 Å². The molecule has 25 heavy (non-hydrogen) atoms. The van der Waals surface area contributed by atoms with Crippen molar-refractivity contribution in [2.75, 3.05) is 6.54 Å². The second-order valence-electron chi connectivity index (χ2n) is 5.52. The maximum absolute atomic E-state index is 12.3. The summed E-state index contributed by atoms with van der Waals surface area (Å²) >= 11 is 5.88. The Labute approximate surface area is 149 Å². The highest BCUT2D eigenvalue weighted by molar-refractivity contribution is 6.30. The summed E-state index contributed by atoms with van der Waals surface area (Å²) in [6, 6.07) is 16.2. The molecule has 3 aromatic rings. The van der Waals surface area contributed by atoms with Gasteiger partial charge < -0.3 is 5.32 Å². The molecular formula is C18H17ClN4O2. The fourth-order valence-corrected chi connectivity index (χ4v) is 2.67. The van der Waals surface area contributed by atoms with E-state index in [1.807, 2.05) is 30.3 Å². The summed E-state index contributed by atoms with van der Waals surface area (Å²) < 4.78 is 2.84. The normalized spacial score (nSPS) is 10.6. The van der Waals surface area contributed by atoms with Crippen molar-refractivity contribution in [1.82, 2.24) is 19.7 Å². The first kappa shape index (κ1) is 17.0. The molecule has 1 heterocycles. The molecule has 1 N–H and O–H groups in total. The topological polar surface area (TPSA) is 68.9 Å². The lowest BCUT2D eigenvalue weighted by atomic mass is 10.2. The summed E-state index contributed by atoms with van der Waals surface area (Å²) in [5.74, 6) is 0.349. The molecule has 0 saturated carbocycles. The van der Waals surface area contributed by atoms with E-state index in [2.05, 4.69) is 10.4 Å². The van der Waals surface area contributed by atoms with Crippen molar-refractivity contribution < 1.29 is 4.79 Å². The van der Waals surface area contributed by atoms with Crippen LogP contribution in [0, 0.1) is 0 Å². The van der Waals surface area contributed by atoms with Crippen molar-refractivity contribution >= 4 is 17.5 Å². The number of halogens is 1. The third-order valence-electron chi connectivity index (χ3n) is 3.77. The van der Waals surface area contributed by atoms with Crippen LogP contribution in [0.2, 0.25) is 5.02 Å². The van der Waals surface area contributed by atoms with E-state index >= 15 is 0 Å². The van der Waals surface area contributed by atoms with Gasteiger partial charge in [-0.1, -0.05) is 48.0 Å². The molecule has 0 radical (unpaired) electrons. The predicted octanol–water partition coefficient (Wildman–Crippen LogP) is 2.33. The molecule has 128 valence electrons. The van der Waals surface area contributed by atoms with E-state index in [0.717, 1.165) is 5.56 Å². The molecular weight excluding hydrogens is 340 g/mol. The maximum atomic E-state index is 12.3. The van der Waals surface area contributed by atoms with Gasteiger partial charge in [0.1, 0.15) is 0 Å². The van der Waals surface area contributed by atoms with Crippen LogP contribution >= 0.6 is 11.6 Å². The standard InChI is InChI=1S/C18H17ClN4O2/c1-22-16(13-6-3-2-4-7-13)21-23(18(22)25)11-10-20-17(24)14-8-5-9-15(19)12-14/h2-9,12H,10-11H2,1H3,(H,20,24). The molecule has 0 fully saturated rings. The highest BCUT2D eigenvalue weighted by Crippen LogP contribution is 2.13. The first-order valence-corrected chi connectivity index (χ1v) is 8.17. The van der Waals surface area contributed by atoms with Gasteiger partial charge in [-0.2, -0.15) is 0 Å². The zero-order valence-corrected chi connectivity index (χ0v) is 14.4. The molecule has 0 bridgehead atoms. The Bertz CT molecular complexity index is 947. The summed E-state index contributed by atoms with van der Waals surface area (Å²) in [6.07, 6.45) is 0. The van der Waals surface area contributed by atoms with Crippen molar-refractivity contribution in [3.8, 4) is 11.4 Å². The molecule has 7 heteroatoms. The highest BCUT2D eigenvalue weighted by Gasteiger charge is 2.12. The van der Waals surface area contributed by atoms with Gasteiger partial charge in [0.25, 0.3) is 5.91 Å². The zero-order chi connectivity index (χ0) is 17.8. The van der Waals surface area contributed by atoms with Gasteiger partial charge in [-0.3, -0.25) is 9.36 Å². The van der Waals surface area contributed by atoms with Gasteiger partial charge in [-0.15, -0.1) is 5.10 Å². The van der Waals surface area contributed by atoms with E-state index in [0.29, 0.717) is 16.4 Å². The maximum Gasteiger partial charge on any atom is 0.345 e. The summed E-state index contributed by atoms with van der Waals surface area (Å²) in [5, 5.41) is 7.62. The number of aromatic nitrogens is 3. The van der Waals surface area contributed by atoms with Crippen LogP contribution in [0.4, 0.5) is 0 Å². The van der Waals surface area contributed by atoms with Crippen LogP contribution in [-0.2, 0) is 13.6 Å². The summed E-state index contributed by atoms with van der Waals surface area (Å²) in [6.45, 7) is 0.572. The Morgan fingerprint density at radius 2 is 1.92 bits per heavy atom. The van der Waals surface area contributed by atoms with Crippen LogP contribution in [-0.4, -0.2) is 26.8 Å². The molecule has 1 amide bonds. The first-order valence-electron chi connectivity index (χ1n) is 7.79. The highest BCUT2D eigenvalue weighted by atomic mass is 35.5. The number of hydrogen-bond acceptors (Lipinski definition) is 3. The Balaban J connectivity index is 1.68. The van der Waals surface area contributed by atoms with Crippen molar-refractivity contribution in [2.24, 2.45) is 7.05 Å². The zero-order valence-electron chi connectivity index (χ0n) is 13.6. The number of benzene rings is 2. The smallest absolute Gasteiger partial charge is 0.345 e. The van der Waals surface area contributed by atoms with Gasteiger partial charge in [0.15, 0.2) is 5.82 Å². The van der Waals surface area contributed by atoms with Crippen molar-refractivity contribution in [3.05, 3.63) is 75.7 Å². The third-order valence-corrected chi connectivity index (χ3v) is 4.00. The molecule has 0 aliphatic heterocycles. The van der Waals surface area contributed by atoms with Crippen molar-refractivity contribution in [3.63, 3.8) is 0 Å². The number of nitrogens with one attached hydrogen (secondary N) is 1. The molecule has 3 rings (SSSR count). The average molecular weight is 357 g/mol. The minimum absolute atomic E-state index is 0.226. The lowest BCUT2D eigenvalue weighted by Gasteiger charge is -2.05. The lowest BCUT2D eigenvalue weighted by molar-refractivity contribution is 0.0952. The number of rotatable bonds is 5. The molecule has 0 unspecified atom stereocenters. The lowest BCUT2D eigenvalue weighted by Crippen LogP contribution is -2.31. The quantitative estimate of drug-likeness (QED) is 0.762. The SMILES string of the molecule is Cn1c(-c2ccccc2)nn(CCNC(=O)c2cccc(Cl)c2)c1=O. The van der Waals surface area contributed by atoms with Crippen LogP contribution in [0.15, 0.2) is 59.4 Å². The predicted molar refractivity (Wildman–Crippen MR) is 96.7 cm³/mol. The van der Waals surface area contributed by atoms with Gasteiger partial charge in [0, 0.05) is 29.7 Å². The Kier molecular flexibility index (Phi) is 5.00. The summed E-state index contributed by atoms with van der Waals surface area (Å²) in [5.41, 5.74) is 1.12. The number of carbonyl (C=O) groups is 1. The second-order valence-corrected chi connectivity index (χ2v) is 5.96. The minimum Gasteiger partial charge on any atom is -0.350 e. The van der Waals surface area contributed by atoms with E-state index in [1.54, 1.807) is 31.3 Å². The van der Waals surface area contributed by atoms with Gasteiger partial charge in [-0.25, -0.2) is 9.48 Å². The summed E-state index contributed by atoms with van der Waals surface area (Å²) in [7, 11) is 1.68. The molecule has 6 nitrogen and oxygen atoms in total. The van der Waals surface area contributed by atoms with Gasteiger partial charge in [0.05, 0.1) is 6.54 Å². The number of amides is 1. The fraction of sp³-hybridized carbons (Fsp3) is 0.167. The number of nitrogens with zero attached hydrogens (tertiary/aromatic N) is 3. The van der Waals surface area contributed by atoms with Crippen LogP contribution in [0.1, 0.15) is 10.4 Å². The first-order chi connectivity index (χ1) is 12.1. The second kappa shape index (κ2) is 7.36. The summed E-state index contributed by atoms with van der Waals surface area (Å²) in [4.78, 5) is 24.4. The Morgan fingerprint density at radius 3 is 2.64 bits per heavy atom. The average Bonchev–Trinajstić information content (AvgIpc) is 2.91. The Hall–Kier alpha value is -2.86. The van der Waals surface area contributed by atoms with E-state index in [4.69, 9.17) is 11.6 Å². The molecule has 0 saturated heterocycles. The number of hydrogen-bond donors (Lipinski definition) is 1. The minimum atomic E-state index is -0.241. The van der Waals surface area contributed by atoms with E-state index < -0.39 is 0 Å². The largest absolute Gasteiger partial charge is 0.350 e. The van der Waals surface area contributed by atoms with Crippen LogP contribution in [0.3, 0.4) is 0 Å². The molecule has 1 aromatic heterocycles. The molecule has 2 aromatic carbocycles. The van der Waals surface area contributed by atoms with Crippen LogP contribution in [0.5, 0.6) is 0 Å². The third kappa shape index (κ3) is 3.80.